The van der Waals surface area contributed by atoms with Crippen molar-refractivity contribution in [1.82, 2.24) is 5.32 Å². The Labute approximate surface area is 227 Å². The zero-order valence-corrected chi connectivity index (χ0v) is 21.3. The molecule has 40 heavy (non-hydrogen) atoms. The van der Waals surface area contributed by atoms with Gasteiger partial charge in [-0.05, 0) is 53.1 Å². The maximum absolute atomic E-state index is 13.6. The van der Waals surface area contributed by atoms with Crippen molar-refractivity contribution in [3.63, 3.8) is 0 Å². The number of halogens is 3. The number of rotatable bonds is 11. The highest BCUT2D eigenvalue weighted by Crippen LogP contribution is 2.32. The quantitative estimate of drug-likeness (QED) is 0.141. The van der Waals surface area contributed by atoms with Crippen molar-refractivity contribution >= 4 is 17.5 Å². The highest BCUT2D eigenvalue weighted by atomic mass is 19.4. The molecule has 1 amide bonds. The molecule has 4 rings (SSSR count). The SMILES string of the molecule is [N-]=[N+]=Nc1ccccc1C[C@]1(C(=O)NCc2ccc(C(F)(F)F)cc2)COC(c2ccc(OCCCO)cc2)=N1. The molecule has 3 aromatic carbocycles. The maximum Gasteiger partial charge on any atom is 0.416 e. The van der Waals surface area contributed by atoms with Gasteiger partial charge in [-0.1, -0.05) is 41.5 Å². The molecule has 12 heteroatoms. The standard InChI is InChI=1S/C28H26F3N5O4/c29-28(30,31)22-10-6-19(7-11-22)17-33-26(38)27(16-21-4-1-2-5-24(21)35-36-32)18-40-25(34-27)20-8-12-23(13-9-20)39-15-3-14-37/h1-2,4-13,37H,3,14-18H2,(H,33,38)/t27-/m1/s1. The number of carbonyl (C=O) groups excluding carboxylic acids is 1. The largest absolute Gasteiger partial charge is 0.494 e. The minimum Gasteiger partial charge on any atom is -0.494 e. The van der Waals surface area contributed by atoms with Crippen molar-refractivity contribution in [1.29, 1.82) is 0 Å². The van der Waals surface area contributed by atoms with Crippen LogP contribution >= 0.6 is 0 Å². The number of nitrogens with one attached hydrogen (secondary N) is 1. The first-order valence-electron chi connectivity index (χ1n) is 12.4. The smallest absolute Gasteiger partial charge is 0.416 e. The summed E-state index contributed by atoms with van der Waals surface area (Å²) >= 11 is 0. The summed E-state index contributed by atoms with van der Waals surface area (Å²) in [5, 5.41) is 15.4. The van der Waals surface area contributed by atoms with Crippen LogP contribution < -0.4 is 10.1 Å². The number of ether oxygens (including phenoxy) is 2. The van der Waals surface area contributed by atoms with Crippen molar-refractivity contribution in [3.05, 3.63) is 105 Å². The Morgan fingerprint density at radius 2 is 1.85 bits per heavy atom. The van der Waals surface area contributed by atoms with Gasteiger partial charge < -0.3 is 19.9 Å². The van der Waals surface area contributed by atoms with Crippen molar-refractivity contribution in [3.8, 4) is 5.75 Å². The van der Waals surface area contributed by atoms with Gasteiger partial charge in [0.05, 0.1) is 12.2 Å². The second-order valence-corrected chi connectivity index (χ2v) is 9.06. The van der Waals surface area contributed by atoms with Crippen molar-refractivity contribution in [2.45, 2.75) is 31.1 Å². The lowest BCUT2D eigenvalue weighted by atomic mass is 9.90. The van der Waals surface area contributed by atoms with Crippen molar-refractivity contribution in [2.24, 2.45) is 10.1 Å². The molecule has 208 valence electrons. The number of hydrogen-bond acceptors (Lipinski definition) is 6. The van der Waals surface area contributed by atoms with Crippen LogP contribution in [0.1, 0.15) is 28.7 Å². The lowest BCUT2D eigenvalue weighted by Crippen LogP contribution is -2.48. The molecule has 0 saturated heterocycles. The van der Waals surface area contributed by atoms with Gasteiger partial charge in [-0.15, -0.1) is 0 Å². The molecular formula is C28H26F3N5O4. The summed E-state index contributed by atoms with van der Waals surface area (Å²) in [5.41, 5.74) is 8.76. The molecule has 0 saturated carbocycles. The molecule has 0 bridgehead atoms. The number of benzene rings is 3. The fourth-order valence-electron chi connectivity index (χ4n) is 4.11. The van der Waals surface area contributed by atoms with Gasteiger partial charge >= 0.3 is 6.18 Å². The van der Waals surface area contributed by atoms with Crippen LogP contribution in [-0.2, 0) is 28.7 Å². The fourth-order valence-corrected chi connectivity index (χ4v) is 4.11. The summed E-state index contributed by atoms with van der Waals surface area (Å²) < 4.78 is 50.2. The molecule has 3 aromatic rings. The minimum absolute atomic E-state index is 0.0224. The van der Waals surface area contributed by atoms with Gasteiger partial charge in [0.1, 0.15) is 12.4 Å². The second-order valence-electron chi connectivity index (χ2n) is 9.06. The van der Waals surface area contributed by atoms with Gasteiger partial charge in [0.15, 0.2) is 5.54 Å². The highest BCUT2D eigenvalue weighted by Gasteiger charge is 2.44. The van der Waals surface area contributed by atoms with Crippen LogP contribution in [0.15, 0.2) is 82.9 Å². The number of hydrogen-bond donors (Lipinski definition) is 2. The number of aliphatic hydroxyl groups is 1. The van der Waals surface area contributed by atoms with E-state index in [1.165, 1.54) is 12.1 Å². The first kappa shape index (κ1) is 28.5. The van der Waals surface area contributed by atoms with Crippen LogP contribution in [0.3, 0.4) is 0 Å². The van der Waals surface area contributed by atoms with Gasteiger partial charge in [-0.2, -0.15) is 13.2 Å². The maximum atomic E-state index is 13.6. The van der Waals surface area contributed by atoms with E-state index < -0.39 is 23.2 Å². The second kappa shape index (κ2) is 12.5. The molecule has 0 aromatic heterocycles. The van der Waals surface area contributed by atoms with Gasteiger partial charge in [-0.25, -0.2) is 4.99 Å². The Morgan fingerprint density at radius 3 is 2.52 bits per heavy atom. The van der Waals surface area contributed by atoms with E-state index in [9.17, 15) is 18.0 Å². The monoisotopic (exact) mass is 553 g/mol. The Bertz CT molecular complexity index is 1400. The summed E-state index contributed by atoms with van der Waals surface area (Å²) in [6.07, 6.45) is -3.91. The molecule has 1 aliphatic heterocycles. The molecule has 0 unspecified atom stereocenters. The normalized spacial score (nSPS) is 16.4. The number of amides is 1. The van der Waals surface area contributed by atoms with Crippen LogP contribution in [0.2, 0.25) is 0 Å². The van der Waals surface area contributed by atoms with E-state index in [1.54, 1.807) is 48.5 Å². The molecule has 0 spiro atoms. The molecule has 0 fully saturated rings. The summed E-state index contributed by atoms with van der Waals surface area (Å²) in [5.74, 6) is 0.328. The first-order chi connectivity index (χ1) is 19.2. The number of alkyl halides is 3. The van der Waals surface area contributed by atoms with Gasteiger partial charge in [0.25, 0.3) is 5.91 Å². The minimum atomic E-state index is -4.46. The summed E-state index contributed by atoms with van der Waals surface area (Å²) in [6.45, 7) is 0.247. The third-order valence-corrected chi connectivity index (χ3v) is 6.22. The number of azide groups is 1. The number of nitrogens with zero attached hydrogens (tertiary/aromatic N) is 4. The summed E-state index contributed by atoms with van der Waals surface area (Å²) in [7, 11) is 0. The van der Waals surface area contributed by atoms with Crippen molar-refractivity contribution in [2.75, 3.05) is 19.8 Å². The molecule has 0 radical (unpaired) electrons. The van der Waals surface area contributed by atoms with E-state index >= 15 is 0 Å². The van der Waals surface area contributed by atoms with E-state index in [1.807, 2.05) is 0 Å². The van der Waals surface area contributed by atoms with E-state index in [0.29, 0.717) is 41.2 Å². The molecule has 0 aliphatic carbocycles. The van der Waals surface area contributed by atoms with E-state index in [2.05, 4.69) is 20.3 Å². The zero-order chi connectivity index (χ0) is 28.6. The molecule has 9 nitrogen and oxygen atoms in total. The predicted molar refractivity (Wildman–Crippen MR) is 141 cm³/mol. The summed E-state index contributed by atoms with van der Waals surface area (Å²) in [6, 6.07) is 18.2. The Hall–Kier alpha value is -4.54. The van der Waals surface area contributed by atoms with Crippen LogP contribution in [-0.4, -0.2) is 42.3 Å². The molecule has 1 aliphatic rings. The van der Waals surface area contributed by atoms with Gasteiger partial charge in [-0.3, -0.25) is 4.79 Å². The van der Waals surface area contributed by atoms with E-state index in [0.717, 1.165) is 12.1 Å². The number of aliphatic hydroxyl groups excluding tert-OH is 1. The van der Waals surface area contributed by atoms with E-state index in [-0.39, 0.29) is 32.1 Å². The molecular weight excluding hydrogens is 527 g/mol. The highest BCUT2D eigenvalue weighted by molar-refractivity contribution is 6.00. The fraction of sp³-hybridized carbons (Fsp3) is 0.286. The average molecular weight is 554 g/mol. The lowest BCUT2D eigenvalue weighted by molar-refractivity contribution is -0.137. The Balaban J connectivity index is 1.59. The molecule has 2 N–H and O–H groups in total. The third-order valence-electron chi connectivity index (χ3n) is 6.22. The topological polar surface area (TPSA) is 129 Å². The first-order valence-corrected chi connectivity index (χ1v) is 12.4. The predicted octanol–water partition coefficient (Wildman–Crippen LogP) is 5.48. The zero-order valence-electron chi connectivity index (χ0n) is 21.3. The number of aliphatic imine (C=N–C) groups is 1. The average Bonchev–Trinajstić information content (AvgIpc) is 3.38. The lowest BCUT2D eigenvalue weighted by Gasteiger charge is -2.24. The van der Waals surface area contributed by atoms with Crippen LogP contribution in [0, 0.1) is 0 Å². The van der Waals surface area contributed by atoms with Crippen LogP contribution in [0.4, 0.5) is 18.9 Å². The van der Waals surface area contributed by atoms with Crippen molar-refractivity contribution < 1.29 is 32.5 Å². The van der Waals surface area contributed by atoms with E-state index in [4.69, 9.17) is 20.1 Å². The van der Waals surface area contributed by atoms with Gasteiger partial charge in [0.2, 0.25) is 5.90 Å². The third kappa shape index (κ3) is 6.90. The van der Waals surface area contributed by atoms with Gasteiger partial charge in [0, 0.05) is 42.2 Å². The Kier molecular flexibility index (Phi) is 8.93. The van der Waals surface area contributed by atoms with Crippen LogP contribution in [0.5, 0.6) is 5.75 Å². The Morgan fingerprint density at radius 1 is 1.12 bits per heavy atom. The number of carbonyl (C=O) groups is 1. The van der Waals surface area contributed by atoms with Crippen LogP contribution in [0.25, 0.3) is 10.4 Å². The molecule has 1 atom stereocenters. The summed E-state index contributed by atoms with van der Waals surface area (Å²) in [4.78, 5) is 21.1. The molecule has 1 heterocycles.